The molecule has 0 saturated carbocycles. The Labute approximate surface area is 229 Å². The molecule has 2 aromatic carbocycles. The Morgan fingerprint density at radius 2 is 1.65 bits per heavy atom. The molecule has 0 bridgehead atoms. The van der Waals surface area contributed by atoms with Crippen LogP contribution in [0.15, 0.2) is 66.9 Å². The summed E-state index contributed by atoms with van der Waals surface area (Å²) in [7, 11) is 1.30. The second-order valence-corrected chi connectivity index (χ2v) is 9.03. The van der Waals surface area contributed by atoms with Gasteiger partial charge in [-0.1, -0.05) is 18.2 Å². The normalized spacial score (nSPS) is 13.3. The predicted molar refractivity (Wildman–Crippen MR) is 144 cm³/mol. The lowest BCUT2D eigenvalue weighted by molar-refractivity contribution is 0.0518. The number of nitrogens with zero attached hydrogens (tertiary/aromatic N) is 5. The number of pyridine rings is 1. The van der Waals surface area contributed by atoms with Crippen LogP contribution >= 0.6 is 0 Å². The van der Waals surface area contributed by atoms with Gasteiger partial charge in [0.1, 0.15) is 22.9 Å². The highest BCUT2D eigenvalue weighted by Gasteiger charge is 2.27. The van der Waals surface area contributed by atoms with Gasteiger partial charge in [-0.2, -0.15) is 5.10 Å². The highest BCUT2D eigenvalue weighted by Crippen LogP contribution is 2.28. The summed E-state index contributed by atoms with van der Waals surface area (Å²) in [6, 6.07) is 16.8. The quantitative estimate of drug-likeness (QED) is 0.318. The van der Waals surface area contributed by atoms with Gasteiger partial charge < -0.3 is 19.3 Å². The summed E-state index contributed by atoms with van der Waals surface area (Å²) in [6.45, 7) is 3.56. The van der Waals surface area contributed by atoms with Gasteiger partial charge in [-0.3, -0.25) is 4.79 Å². The number of carbonyl (C=O) groups excluding carboxylic acids is 2. The minimum absolute atomic E-state index is 0.0139. The summed E-state index contributed by atoms with van der Waals surface area (Å²) < 4.78 is 40.5. The number of piperazine rings is 1. The smallest absolute Gasteiger partial charge is 0.358 e. The molecule has 1 saturated heterocycles. The molecule has 1 amide bonds. The summed E-state index contributed by atoms with van der Waals surface area (Å²) in [5.41, 5.74) is 2.01. The first kappa shape index (κ1) is 26.8. The number of esters is 1. The van der Waals surface area contributed by atoms with E-state index in [-0.39, 0.29) is 18.1 Å². The van der Waals surface area contributed by atoms with Crippen LogP contribution in [-0.4, -0.2) is 71.4 Å². The van der Waals surface area contributed by atoms with Crippen molar-refractivity contribution in [3.05, 3.63) is 89.8 Å². The molecule has 0 aliphatic carbocycles. The number of hydrogen-bond donors (Lipinski definition) is 0. The molecule has 5 rings (SSSR count). The largest absolute Gasteiger partial charge is 0.497 e. The molecular formula is C29H27F2N5O4. The van der Waals surface area contributed by atoms with Crippen LogP contribution in [0.2, 0.25) is 0 Å². The van der Waals surface area contributed by atoms with Crippen LogP contribution in [0, 0.1) is 11.6 Å². The molecule has 0 unspecified atom stereocenters. The van der Waals surface area contributed by atoms with Crippen molar-refractivity contribution < 1.29 is 27.8 Å². The third-order valence-corrected chi connectivity index (χ3v) is 6.62. The van der Waals surface area contributed by atoms with Crippen molar-refractivity contribution in [3.8, 4) is 22.8 Å². The maximum atomic E-state index is 14.4. The van der Waals surface area contributed by atoms with Crippen molar-refractivity contribution in [2.45, 2.75) is 6.92 Å². The summed E-state index contributed by atoms with van der Waals surface area (Å²) in [5, 5.41) is 4.43. The summed E-state index contributed by atoms with van der Waals surface area (Å²) in [4.78, 5) is 33.1. The van der Waals surface area contributed by atoms with Crippen LogP contribution in [0.5, 0.6) is 5.75 Å². The Balaban J connectivity index is 1.31. The first-order chi connectivity index (χ1) is 19.4. The van der Waals surface area contributed by atoms with Crippen molar-refractivity contribution >= 4 is 17.6 Å². The van der Waals surface area contributed by atoms with E-state index in [9.17, 15) is 18.4 Å². The van der Waals surface area contributed by atoms with E-state index in [1.165, 1.54) is 12.0 Å². The molecule has 9 nitrogen and oxygen atoms in total. The highest BCUT2D eigenvalue weighted by molar-refractivity contribution is 5.95. The molecule has 2 aromatic heterocycles. The van der Waals surface area contributed by atoms with Crippen molar-refractivity contribution in [1.82, 2.24) is 19.7 Å². The number of ether oxygens (including phenoxy) is 2. The van der Waals surface area contributed by atoms with Gasteiger partial charge in [0.25, 0.3) is 5.91 Å². The molecular weight excluding hydrogens is 520 g/mol. The molecule has 0 radical (unpaired) electrons. The molecule has 0 atom stereocenters. The minimum atomic E-state index is -0.948. The van der Waals surface area contributed by atoms with Crippen molar-refractivity contribution in [1.29, 1.82) is 0 Å². The Morgan fingerprint density at radius 1 is 0.950 bits per heavy atom. The van der Waals surface area contributed by atoms with Crippen molar-refractivity contribution in [3.63, 3.8) is 0 Å². The van der Waals surface area contributed by atoms with Gasteiger partial charge in [-0.15, -0.1) is 0 Å². The van der Waals surface area contributed by atoms with E-state index in [4.69, 9.17) is 9.47 Å². The van der Waals surface area contributed by atoms with Crippen molar-refractivity contribution in [2.24, 2.45) is 0 Å². The number of benzene rings is 2. The van der Waals surface area contributed by atoms with Crippen LogP contribution in [0.25, 0.3) is 17.1 Å². The van der Waals surface area contributed by atoms with E-state index >= 15 is 0 Å². The second kappa shape index (κ2) is 11.5. The number of methoxy groups -OCH3 is 1. The van der Waals surface area contributed by atoms with Crippen LogP contribution in [0.3, 0.4) is 0 Å². The third kappa shape index (κ3) is 5.35. The van der Waals surface area contributed by atoms with Gasteiger partial charge in [0, 0.05) is 55.8 Å². The minimum Gasteiger partial charge on any atom is -0.497 e. The Morgan fingerprint density at radius 3 is 2.25 bits per heavy atom. The number of hydrogen-bond acceptors (Lipinski definition) is 7. The molecule has 206 valence electrons. The molecule has 40 heavy (non-hydrogen) atoms. The lowest BCUT2D eigenvalue weighted by atomic mass is 10.1. The number of halogens is 2. The van der Waals surface area contributed by atoms with Crippen LogP contribution in [-0.2, 0) is 4.74 Å². The predicted octanol–water partition coefficient (Wildman–Crippen LogP) is 4.36. The number of rotatable bonds is 7. The Bertz CT molecular complexity index is 1490. The fourth-order valence-corrected chi connectivity index (χ4v) is 4.59. The standard InChI is InChI=1S/C29H27F2N5O4/c1-3-40-29(38)24-18-25(36(33-24)26-6-4-5-11-32-26)19-7-9-20(10-8-19)34-12-14-35(15-13-34)28(37)27-22(30)16-21(39-2)17-23(27)31/h4-11,16-18H,3,12-15H2,1-2H3. The number of anilines is 1. The lowest BCUT2D eigenvalue weighted by Crippen LogP contribution is -2.49. The maximum absolute atomic E-state index is 14.4. The van der Waals surface area contributed by atoms with E-state index < -0.39 is 29.1 Å². The van der Waals surface area contributed by atoms with Crippen LogP contribution in [0.4, 0.5) is 14.5 Å². The molecule has 1 fully saturated rings. The topological polar surface area (TPSA) is 89.8 Å². The van der Waals surface area contributed by atoms with Gasteiger partial charge >= 0.3 is 5.97 Å². The van der Waals surface area contributed by atoms with Crippen LogP contribution < -0.4 is 9.64 Å². The van der Waals surface area contributed by atoms with E-state index in [2.05, 4.69) is 15.0 Å². The monoisotopic (exact) mass is 547 g/mol. The summed E-state index contributed by atoms with van der Waals surface area (Å²) >= 11 is 0. The van der Waals surface area contributed by atoms with E-state index in [1.807, 2.05) is 30.3 Å². The zero-order valence-electron chi connectivity index (χ0n) is 22.0. The lowest BCUT2D eigenvalue weighted by Gasteiger charge is -2.36. The molecule has 4 aromatic rings. The van der Waals surface area contributed by atoms with Crippen LogP contribution in [0.1, 0.15) is 27.8 Å². The van der Waals surface area contributed by atoms with E-state index in [0.717, 1.165) is 23.4 Å². The van der Waals surface area contributed by atoms with Gasteiger partial charge in [0.05, 0.1) is 19.4 Å². The zero-order valence-corrected chi connectivity index (χ0v) is 22.0. The molecule has 0 spiro atoms. The summed E-state index contributed by atoms with van der Waals surface area (Å²) in [5.74, 6) is -2.53. The van der Waals surface area contributed by atoms with E-state index in [0.29, 0.717) is 37.7 Å². The zero-order chi connectivity index (χ0) is 28.2. The van der Waals surface area contributed by atoms with Gasteiger partial charge in [0.15, 0.2) is 11.5 Å². The number of amides is 1. The summed E-state index contributed by atoms with van der Waals surface area (Å²) in [6.07, 6.45) is 1.65. The third-order valence-electron chi connectivity index (χ3n) is 6.62. The Kier molecular flexibility index (Phi) is 7.72. The van der Waals surface area contributed by atoms with Gasteiger partial charge in [0.2, 0.25) is 0 Å². The maximum Gasteiger partial charge on any atom is 0.358 e. The highest BCUT2D eigenvalue weighted by atomic mass is 19.1. The molecule has 1 aliphatic heterocycles. The van der Waals surface area contributed by atoms with Gasteiger partial charge in [-0.05, 0) is 37.3 Å². The average Bonchev–Trinajstić information content (AvgIpc) is 3.43. The van der Waals surface area contributed by atoms with Gasteiger partial charge in [-0.25, -0.2) is 23.2 Å². The number of aromatic nitrogens is 3. The first-order valence-corrected chi connectivity index (χ1v) is 12.8. The average molecular weight is 548 g/mol. The Hall–Kier alpha value is -4.80. The van der Waals surface area contributed by atoms with E-state index in [1.54, 1.807) is 36.0 Å². The fourth-order valence-electron chi connectivity index (χ4n) is 4.59. The first-order valence-electron chi connectivity index (χ1n) is 12.8. The SMILES string of the molecule is CCOC(=O)c1cc(-c2ccc(N3CCN(C(=O)c4c(F)cc(OC)cc4F)CC3)cc2)n(-c2ccccn2)n1. The molecule has 1 aliphatic rings. The molecule has 0 N–H and O–H groups in total. The molecule has 11 heteroatoms. The molecule has 3 heterocycles. The second-order valence-electron chi connectivity index (χ2n) is 9.03. The fraction of sp³-hybridized carbons (Fsp3) is 0.241. The number of carbonyl (C=O) groups is 2. The van der Waals surface area contributed by atoms with Crippen molar-refractivity contribution in [2.75, 3.05) is 44.8 Å².